The molecular formula is C16H13BrN2O3. The largest absolute Gasteiger partial charge is 0.506 e. The summed E-state index contributed by atoms with van der Waals surface area (Å²) in [6.45, 7) is 0. The Morgan fingerprint density at radius 1 is 1.27 bits per heavy atom. The predicted octanol–water partition coefficient (Wildman–Crippen LogP) is 3.22. The first-order chi connectivity index (χ1) is 10.5. The number of benzene rings is 2. The Hall–Kier alpha value is -2.34. The van der Waals surface area contributed by atoms with E-state index in [0.29, 0.717) is 11.4 Å². The zero-order valence-electron chi connectivity index (χ0n) is 11.5. The first-order valence-electron chi connectivity index (χ1n) is 6.73. The van der Waals surface area contributed by atoms with Crippen LogP contribution in [0.5, 0.6) is 5.75 Å². The topological polar surface area (TPSA) is 78.4 Å². The van der Waals surface area contributed by atoms with Crippen molar-refractivity contribution in [2.45, 2.75) is 12.3 Å². The average molecular weight is 361 g/mol. The molecule has 2 amide bonds. The molecule has 1 heterocycles. The third kappa shape index (κ3) is 2.82. The van der Waals surface area contributed by atoms with Crippen LogP contribution >= 0.6 is 15.9 Å². The number of aromatic hydroxyl groups is 1. The summed E-state index contributed by atoms with van der Waals surface area (Å²) in [5.74, 6) is -1.13. The van der Waals surface area contributed by atoms with Gasteiger partial charge in [-0.25, -0.2) is 0 Å². The minimum absolute atomic E-state index is 0.00873. The summed E-state index contributed by atoms with van der Waals surface area (Å²) >= 11 is 3.38. The molecule has 112 valence electrons. The minimum atomic E-state index is -0.596. The number of phenols is 1. The van der Waals surface area contributed by atoms with Crippen molar-refractivity contribution in [1.29, 1.82) is 0 Å². The lowest BCUT2D eigenvalue weighted by Crippen LogP contribution is -2.30. The number of phenolic OH excluding ortho intramolecular Hbond substituents is 1. The summed E-state index contributed by atoms with van der Waals surface area (Å²) in [5, 5.41) is 15.2. The molecule has 0 radical (unpaired) electrons. The van der Waals surface area contributed by atoms with E-state index < -0.39 is 5.92 Å². The fourth-order valence-electron chi connectivity index (χ4n) is 2.47. The lowest BCUT2D eigenvalue weighted by molar-refractivity contribution is -0.123. The molecule has 2 aromatic carbocycles. The normalized spacial score (nSPS) is 16.6. The number of rotatable bonds is 2. The second-order valence-corrected chi connectivity index (χ2v) is 5.96. The molecule has 6 heteroatoms. The molecule has 0 saturated heterocycles. The first-order valence-corrected chi connectivity index (χ1v) is 7.52. The van der Waals surface area contributed by atoms with Crippen LogP contribution in [-0.2, 0) is 9.59 Å². The van der Waals surface area contributed by atoms with Crippen molar-refractivity contribution in [2.75, 3.05) is 10.6 Å². The Morgan fingerprint density at radius 3 is 2.82 bits per heavy atom. The molecule has 1 aliphatic rings. The van der Waals surface area contributed by atoms with Gasteiger partial charge in [0.1, 0.15) is 5.75 Å². The van der Waals surface area contributed by atoms with Gasteiger partial charge in [0.2, 0.25) is 11.8 Å². The molecule has 0 aliphatic carbocycles. The lowest BCUT2D eigenvalue weighted by atomic mass is 9.89. The minimum Gasteiger partial charge on any atom is -0.506 e. The summed E-state index contributed by atoms with van der Waals surface area (Å²) < 4.78 is 0.836. The summed E-state index contributed by atoms with van der Waals surface area (Å²) in [4.78, 5) is 24.3. The van der Waals surface area contributed by atoms with Crippen LogP contribution in [0.3, 0.4) is 0 Å². The number of carbonyl (C=O) groups is 2. The maximum absolute atomic E-state index is 12.5. The third-order valence-corrected chi connectivity index (χ3v) is 4.02. The standard InChI is InChI=1S/C16H13BrN2O3/c17-9-5-6-12-10(7-9)11(8-15(21)18-12)16(22)19-13-3-1-2-4-14(13)20/h1-7,11,20H,8H2,(H,18,21)(H,19,22). The molecule has 0 fully saturated rings. The van der Waals surface area contributed by atoms with Crippen LogP contribution in [0.4, 0.5) is 11.4 Å². The molecule has 3 rings (SSSR count). The fourth-order valence-corrected chi connectivity index (χ4v) is 2.84. The molecular weight excluding hydrogens is 348 g/mol. The molecule has 0 aromatic heterocycles. The van der Waals surface area contributed by atoms with Crippen LogP contribution in [0.25, 0.3) is 0 Å². The van der Waals surface area contributed by atoms with Gasteiger partial charge < -0.3 is 15.7 Å². The lowest BCUT2D eigenvalue weighted by Gasteiger charge is -2.25. The predicted molar refractivity (Wildman–Crippen MR) is 86.9 cm³/mol. The van der Waals surface area contributed by atoms with Crippen molar-refractivity contribution in [3.8, 4) is 5.75 Å². The molecule has 2 aromatic rings. The Bertz CT molecular complexity index is 761. The van der Waals surface area contributed by atoms with E-state index in [2.05, 4.69) is 26.6 Å². The average Bonchev–Trinajstić information content (AvgIpc) is 2.49. The maximum atomic E-state index is 12.5. The van der Waals surface area contributed by atoms with Crippen LogP contribution in [0, 0.1) is 0 Å². The number of carbonyl (C=O) groups excluding carboxylic acids is 2. The highest BCUT2D eigenvalue weighted by atomic mass is 79.9. The third-order valence-electron chi connectivity index (χ3n) is 3.53. The molecule has 0 bridgehead atoms. The highest BCUT2D eigenvalue weighted by Crippen LogP contribution is 2.35. The van der Waals surface area contributed by atoms with Gasteiger partial charge in [-0.15, -0.1) is 0 Å². The van der Waals surface area contributed by atoms with Gasteiger partial charge >= 0.3 is 0 Å². The molecule has 0 saturated carbocycles. The number of halogens is 1. The molecule has 1 aliphatic heterocycles. The quantitative estimate of drug-likeness (QED) is 0.719. The highest BCUT2D eigenvalue weighted by molar-refractivity contribution is 9.10. The number of hydrogen-bond acceptors (Lipinski definition) is 3. The Labute approximate surface area is 135 Å². The second kappa shape index (κ2) is 5.81. The molecule has 22 heavy (non-hydrogen) atoms. The Kier molecular flexibility index (Phi) is 3.85. The molecule has 1 atom stereocenters. The van der Waals surface area contributed by atoms with E-state index in [1.165, 1.54) is 6.07 Å². The van der Waals surface area contributed by atoms with Crippen molar-refractivity contribution in [1.82, 2.24) is 0 Å². The van der Waals surface area contributed by atoms with Crippen LogP contribution in [-0.4, -0.2) is 16.9 Å². The zero-order valence-corrected chi connectivity index (χ0v) is 13.1. The molecule has 5 nitrogen and oxygen atoms in total. The van der Waals surface area contributed by atoms with Crippen LogP contribution in [0.15, 0.2) is 46.9 Å². The number of nitrogens with one attached hydrogen (secondary N) is 2. The number of para-hydroxylation sites is 2. The van der Waals surface area contributed by atoms with E-state index in [0.717, 1.165) is 10.0 Å². The van der Waals surface area contributed by atoms with Gasteiger partial charge in [-0.05, 0) is 35.9 Å². The summed E-state index contributed by atoms with van der Waals surface area (Å²) in [7, 11) is 0. The Morgan fingerprint density at radius 2 is 2.05 bits per heavy atom. The zero-order chi connectivity index (χ0) is 15.7. The van der Waals surface area contributed by atoms with Crippen molar-refractivity contribution in [2.24, 2.45) is 0 Å². The van der Waals surface area contributed by atoms with E-state index in [1.807, 2.05) is 12.1 Å². The van der Waals surface area contributed by atoms with Gasteiger partial charge in [0.15, 0.2) is 0 Å². The van der Waals surface area contributed by atoms with Gasteiger partial charge in [-0.1, -0.05) is 28.1 Å². The summed E-state index contributed by atoms with van der Waals surface area (Å²) in [5.41, 5.74) is 1.72. The van der Waals surface area contributed by atoms with Crippen LogP contribution in [0.2, 0.25) is 0 Å². The van der Waals surface area contributed by atoms with Gasteiger partial charge in [-0.2, -0.15) is 0 Å². The van der Waals surface area contributed by atoms with Crippen LogP contribution in [0.1, 0.15) is 17.9 Å². The van der Waals surface area contributed by atoms with Gasteiger partial charge in [0.05, 0.1) is 11.6 Å². The van der Waals surface area contributed by atoms with Crippen molar-refractivity contribution < 1.29 is 14.7 Å². The van der Waals surface area contributed by atoms with Crippen molar-refractivity contribution in [3.05, 3.63) is 52.5 Å². The summed E-state index contributed by atoms with van der Waals surface area (Å²) in [6.07, 6.45) is 0.0723. The van der Waals surface area contributed by atoms with Gasteiger partial charge in [0.25, 0.3) is 0 Å². The fraction of sp³-hybridized carbons (Fsp3) is 0.125. The molecule has 1 unspecified atom stereocenters. The number of amides is 2. The van der Waals surface area contributed by atoms with Gasteiger partial charge in [0, 0.05) is 16.6 Å². The van der Waals surface area contributed by atoms with E-state index in [9.17, 15) is 14.7 Å². The summed E-state index contributed by atoms with van der Waals surface area (Å²) in [6, 6.07) is 11.9. The second-order valence-electron chi connectivity index (χ2n) is 5.04. The monoisotopic (exact) mass is 360 g/mol. The number of anilines is 2. The maximum Gasteiger partial charge on any atom is 0.232 e. The number of fused-ring (bicyclic) bond motifs is 1. The van der Waals surface area contributed by atoms with Gasteiger partial charge in [-0.3, -0.25) is 9.59 Å². The smallest absolute Gasteiger partial charge is 0.232 e. The number of hydrogen-bond donors (Lipinski definition) is 3. The van der Waals surface area contributed by atoms with Crippen molar-refractivity contribution >= 4 is 39.1 Å². The molecule has 0 spiro atoms. The highest BCUT2D eigenvalue weighted by Gasteiger charge is 2.31. The van der Waals surface area contributed by atoms with Crippen molar-refractivity contribution in [3.63, 3.8) is 0 Å². The SMILES string of the molecule is O=C1CC(C(=O)Nc2ccccc2O)c2cc(Br)ccc2N1. The first kappa shape index (κ1) is 14.6. The molecule has 3 N–H and O–H groups in total. The van der Waals surface area contributed by atoms with E-state index in [4.69, 9.17) is 0 Å². The van der Waals surface area contributed by atoms with E-state index >= 15 is 0 Å². The van der Waals surface area contributed by atoms with E-state index in [-0.39, 0.29) is 24.0 Å². The Balaban J connectivity index is 1.91. The van der Waals surface area contributed by atoms with E-state index in [1.54, 1.807) is 24.3 Å². The van der Waals surface area contributed by atoms with Crippen LogP contribution < -0.4 is 10.6 Å².